The molecule has 146 valence electrons. The SMILES string of the molecule is COc1ccc(-c2csc3ncn(CC(=O)Nc4ccc(Cl)cc4)c(=O)c23)cc1. The monoisotopic (exact) mass is 425 g/mol. The number of aromatic nitrogens is 2. The third kappa shape index (κ3) is 4.01. The number of fused-ring (bicyclic) bond motifs is 1. The third-order valence-corrected chi connectivity index (χ3v) is 5.54. The van der Waals surface area contributed by atoms with Crippen LogP contribution in [0.25, 0.3) is 21.3 Å². The molecule has 6 nitrogen and oxygen atoms in total. The number of benzene rings is 2. The number of carbonyl (C=O) groups excluding carboxylic acids is 1. The van der Waals surface area contributed by atoms with E-state index in [-0.39, 0.29) is 18.0 Å². The summed E-state index contributed by atoms with van der Waals surface area (Å²) < 4.78 is 6.50. The molecule has 0 aliphatic carbocycles. The molecule has 8 heteroatoms. The molecule has 2 aromatic carbocycles. The molecule has 0 aliphatic rings. The Morgan fingerprint density at radius 1 is 1.17 bits per heavy atom. The normalized spacial score (nSPS) is 10.8. The van der Waals surface area contributed by atoms with Gasteiger partial charge in [-0.15, -0.1) is 11.3 Å². The van der Waals surface area contributed by atoms with Gasteiger partial charge in [-0.3, -0.25) is 14.2 Å². The zero-order chi connectivity index (χ0) is 20.4. The van der Waals surface area contributed by atoms with Crippen molar-refractivity contribution in [2.75, 3.05) is 12.4 Å². The Morgan fingerprint density at radius 2 is 1.90 bits per heavy atom. The first-order valence-corrected chi connectivity index (χ1v) is 9.97. The number of nitrogens with zero attached hydrogens (tertiary/aromatic N) is 2. The zero-order valence-corrected chi connectivity index (χ0v) is 17.0. The Bertz CT molecular complexity index is 1230. The maximum atomic E-state index is 13.0. The first kappa shape index (κ1) is 19.2. The minimum Gasteiger partial charge on any atom is -0.497 e. The topological polar surface area (TPSA) is 73.2 Å². The van der Waals surface area contributed by atoms with Crippen molar-refractivity contribution in [2.45, 2.75) is 6.54 Å². The first-order valence-electron chi connectivity index (χ1n) is 8.71. The van der Waals surface area contributed by atoms with Crippen LogP contribution in [0, 0.1) is 0 Å². The number of thiophene rings is 1. The van der Waals surface area contributed by atoms with Gasteiger partial charge < -0.3 is 10.1 Å². The second-order valence-electron chi connectivity index (χ2n) is 6.29. The number of hydrogen-bond acceptors (Lipinski definition) is 5. The fourth-order valence-corrected chi connectivity index (χ4v) is 3.98. The molecule has 4 rings (SSSR count). The van der Waals surface area contributed by atoms with Crippen molar-refractivity contribution < 1.29 is 9.53 Å². The van der Waals surface area contributed by atoms with E-state index in [2.05, 4.69) is 10.3 Å². The highest BCUT2D eigenvalue weighted by molar-refractivity contribution is 7.17. The highest BCUT2D eigenvalue weighted by atomic mass is 35.5. The van der Waals surface area contributed by atoms with E-state index < -0.39 is 0 Å². The van der Waals surface area contributed by atoms with Crippen LogP contribution < -0.4 is 15.6 Å². The molecular formula is C21H16ClN3O3S. The first-order chi connectivity index (χ1) is 14.0. The predicted octanol–water partition coefficient (Wildman–Crippen LogP) is 4.43. The highest BCUT2D eigenvalue weighted by Crippen LogP contribution is 2.31. The molecule has 0 aliphatic heterocycles. The molecule has 0 fully saturated rings. The van der Waals surface area contributed by atoms with Gasteiger partial charge in [-0.25, -0.2) is 4.98 Å². The molecule has 1 N–H and O–H groups in total. The van der Waals surface area contributed by atoms with Crippen LogP contribution in [-0.2, 0) is 11.3 Å². The van der Waals surface area contributed by atoms with E-state index in [0.717, 1.165) is 16.9 Å². The highest BCUT2D eigenvalue weighted by Gasteiger charge is 2.15. The molecule has 0 bridgehead atoms. The van der Waals surface area contributed by atoms with Crippen LogP contribution in [0.1, 0.15) is 0 Å². The molecule has 4 aromatic rings. The Labute approximate surface area is 175 Å². The van der Waals surface area contributed by atoms with Crippen molar-refractivity contribution in [3.63, 3.8) is 0 Å². The van der Waals surface area contributed by atoms with Crippen molar-refractivity contribution in [3.8, 4) is 16.9 Å². The number of carbonyl (C=O) groups is 1. The lowest BCUT2D eigenvalue weighted by molar-refractivity contribution is -0.116. The van der Waals surface area contributed by atoms with Crippen molar-refractivity contribution in [2.24, 2.45) is 0 Å². The summed E-state index contributed by atoms with van der Waals surface area (Å²) in [5.74, 6) is 0.416. The summed E-state index contributed by atoms with van der Waals surface area (Å²) in [6.45, 7) is -0.137. The lowest BCUT2D eigenvalue weighted by Gasteiger charge is -2.08. The largest absolute Gasteiger partial charge is 0.497 e. The summed E-state index contributed by atoms with van der Waals surface area (Å²) >= 11 is 7.25. The number of ether oxygens (including phenoxy) is 1. The molecule has 2 heterocycles. The van der Waals surface area contributed by atoms with Crippen molar-refractivity contribution >= 4 is 44.7 Å². The number of rotatable bonds is 5. The van der Waals surface area contributed by atoms with E-state index >= 15 is 0 Å². The van der Waals surface area contributed by atoms with Gasteiger partial charge in [-0.1, -0.05) is 23.7 Å². The molecular weight excluding hydrogens is 410 g/mol. The summed E-state index contributed by atoms with van der Waals surface area (Å²) in [7, 11) is 1.60. The van der Waals surface area contributed by atoms with Gasteiger partial charge in [0, 0.05) is 21.7 Å². The minimum atomic E-state index is -0.322. The van der Waals surface area contributed by atoms with Crippen molar-refractivity contribution in [3.05, 3.63) is 75.6 Å². The standard InChI is InChI=1S/C21H16ClN3O3S/c1-28-16-8-2-13(3-9-16)17-11-29-20-19(17)21(27)25(12-23-20)10-18(26)24-15-6-4-14(22)5-7-15/h2-9,11-12H,10H2,1H3,(H,24,26). The van der Waals surface area contributed by atoms with Gasteiger partial charge in [0.2, 0.25) is 5.91 Å². The van der Waals surface area contributed by atoms with Crippen LogP contribution in [0.15, 0.2) is 65.0 Å². The number of halogens is 1. The van der Waals surface area contributed by atoms with Crippen molar-refractivity contribution in [1.82, 2.24) is 9.55 Å². The van der Waals surface area contributed by atoms with Crippen LogP contribution in [-0.4, -0.2) is 22.6 Å². The average Bonchev–Trinajstić information content (AvgIpc) is 3.17. The second-order valence-corrected chi connectivity index (χ2v) is 7.59. The smallest absolute Gasteiger partial charge is 0.263 e. The number of nitrogens with one attached hydrogen (secondary N) is 1. The van der Waals surface area contributed by atoms with Gasteiger partial charge in [0.25, 0.3) is 5.56 Å². The van der Waals surface area contributed by atoms with Gasteiger partial charge in [-0.05, 0) is 42.0 Å². The van der Waals surface area contributed by atoms with E-state index in [1.807, 2.05) is 29.6 Å². The Balaban J connectivity index is 1.63. The molecule has 0 unspecified atom stereocenters. The van der Waals surface area contributed by atoms with Gasteiger partial charge in [0.05, 0.1) is 18.8 Å². The molecule has 0 saturated heterocycles. The van der Waals surface area contributed by atoms with E-state index in [9.17, 15) is 9.59 Å². The molecule has 0 spiro atoms. The summed E-state index contributed by atoms with van der Waals surface area (Å²) in [5, 5.41) is 5.73. The van der Waals surface area contributed by atoms with Gasteiger partial charge in [0.15, 0.2) is 0 Å². The summed E-state index contributed by atoms with van der Waals surface area (Å²) in [6.07, 6.45) is 1.40. The second kappa shape index (κ2) is 8.06. The van der Waals surface area contributed by atoms with E-state index in [4.69, 9.17) is 16.3 Å². The van der Waals surface area contributed by atoms with Crippen LogP contribution in [0.3, 0.4) is 0 Å². The Hall–Kier alpha value is -3.16. The van der Waals surface area contributed by atoms with Gasteiger partial charge in [0.1, 0.15) is 17.1 Å². The quantitative estimate of drug-likeness (QED) is 0.513. The maximum absolute atomic E-state index is 13.0. The fraction of sp³-hybridized carbons (Fsp3) is 0.0952. The van der Waals surface area contributed by atoms with E-state index in [1.165, 1.54) is 22.2 Å². The minimum absolute atomic E-state index is 0.137. The van der Waals surface area contributed by atoms with Crippen LogP contribution in [0.5, 0.6) is 5.75 Å². The van der Waals surface area contributed by atoms with E-state index in [0.29, 0.717) is 20.9 Å². The lowest BCUT2D eigenvalue weighted by Crippen LogP contribution is -2.27. The average molecular weight is 426 g/mol. The molecule has 2 aromatic heterocycles. The van der Waals surface area contributed by atoms with Crippen LogP contribution in [0.2, 0.25) is 5.02 Å². The van der Waals surface area contributed by atoms with Crippen molar-refractivity contribution in [1.29, 1.82) is 0 Å². The Morgan fingerprint density at radius 3 is 2.59 bits per heavy atom. The van der Waals surface area contributed by atoms with Crippen LogP contribution >= 0.6 is 22.9 Å². The molecule has 0 radical (unpaired) electrons. The predicted molar refractivity (Wildman–Crippen MR) is 116 cm³/mol. The molecule has 29 heavy (non-hydrogen) atoms. The summed E-state index contributed by atoms with van der Waals surface area (Å²) in [5.41, 5.74) is 2.03. The van der Waals surface area contributed by atoms with Crippen LogP contribution in [0.4, 0.5) is 5.69 Å². The van der Waals surface area contributed by atoms with Gasteiger partial charge >= 0.3 is 0 Å². The number of hydrogen-bond donors (Lipinski definition) is 1. The summed E-state index contributed by atoms with van der Waals surface area (Å²) in [4.78, 5) is 30.4. The zero-order valence-electron chi connectivity index (χ0n) is 15.4. The molecule has 0 atom stereocenters. The molecule has 0 saturated carbocycles. The lowest BCUT2D eigenvalue weighted by atomic mass is 10.1. The maximum Gasteiger partial charge on any atom is 0.263 e. The third-order valence-electron chi connectivity index (χ3n) is 4.40. The summed E-state index contributed by atoms with van der Waals surface area (Å²) in [6, 6.07) is 14.2. The molecule has 1 amide bonds. The Kier molecular flexibility index (Phi) is 5.33. The number of amides is 1. The van der Waals surface area contributed by atoms with Gasteiger partial charge in [-0.2, -0.15) is 0 Å². The number of methoxy groups -OCH3 is 1. The van der Waals surface area contributed by atoms with E-state index in [1.54, 1.807) is 31.4 Å². The fourth-order valence-electron chi connectivity index (χ4n) is 2.95. The number of anilines is 1.